The molecule has 1 heterocycles. The Bertz CT molecular complexity index is 599. The molecule has 1 aromatic heterocycles. The van der Waals surface area contributed by atoms with Crippen LogP contribution in [0.15, 0.2) is 24.4 Å². The summed E-state index contributed by atoms with van der Waals surface area (Å²) in [6, 6.07) is 6.24. The highest BCUT2D eigenvalue weighted by atomic mass is 16.5. The zero-order chi connectivity index (χ0) is 15.5. The number of hydrogen-bond donors (Lipinski definition) is 1. The van der Waals surface area contributed by atoms with Crippen LogP contribution in [0.25, 0.3) is 0 Å². The molecule has 1 aromatic carbocycles. The first-order valence-corrected chi connectivity index (χ1v) is 7.16. The van der Waals surface area contributed by atoms with Gasteiger partial charge in [-0.15, -0.1) is 5.10 Å². The van der Waals surface area contributed by atoms with E-state index in [1.54, 1.807) is 4.68 Å². The van der Waals surface area contributed by atoms with Crippen molar-refractivity contribution in [2.45, 2.75) is 46.4 Å². The van der Waals surface area contributed by atoms with Gasteiger partial charge in [-0.25, -0.2) is 0 Å². The van der Waals surface area contributed by atoms with E-state index in [1.165, 1.54) is 5.56 Å². The fourth-order valence-electron chi connectivity index (χ4n) is 1.96. The van der Waals surface area contributed by atoms with E-state index in [-0.39, 0.29) is 5.54 Å². The van der Waals surface area contributed by atoms with Crippen LogP contribution in [0.4, 0.5) is 0 Å². The summed E-state index contributed by atoms with van der Waals surface area (Å²) < 4.78 is 7.58. The van der Waals surface area contributed by atoms with Crippen LogP contribution in [0, 0.1) is 6.92 Å². The third-order valence-corrected chi connectivity index (χ3v) is 3.05. The van der Waals surface area contributed by atoms with Crippen molar-refractivity contribution in [1.29, 1.82) is 0 Å². The van der Waals surface area contributed by atoms with Crippen molar-refractivity contribution >= 4 is 0 Å². The molecule has 5 nitrogen and oxygen atoms in total. The third-order valence-electron chi connectivity index (χ3n) is 3.05. The van der Waals surface area contributed by atoms with Gasteiger partial charge in [-0.1, -0.05) is 22.9 Å². The molecule has 0 aliphatic rings. The molecule has 21 heavy (non-hydrogen) atoms. The Morgan fingerprint density at radius 1 is 1.29 bits per heavy atom. The van der Waals surface area contributed by atoms with Crippen LogP contribution >= 0.6 is 0 Å². The second kappa shape index (κ2) is 6.26. The van der Waals surface area contributed by atoms with Crippen LogP contribution in [0.2, 0.25) is 0 Å². The number of nitrogens with zero attached hydrogens (tertiary/aromatic N) is 3. The van der Waals surface area contributed by atoms with Gasteiger partial charge in [0, 0.05) is 24.7 Å². The van der Waals surface area contributed by atoms with Crippen molar-refractivity contribution in [2.75, 3.05) is 0 Å². The van der Waals surface area contributed by atoms with Crippen molar-refractivity contribution in [1.82, 2.24) is 20.3 Å². The molecule has 0 atom stereocenters. The van der Waals surface area contributed by atoms with Crippen LogP contribution in [0.3, 0.4) is 0 Å². The summed E-state index contributed by atoms with van der Waals surface area (Å²) in [5.41, 5.74) is 3.29. The molecule has 0 saturated heterocycles. The molecule has 1 N–H and O–H groups in total. The molecule has 0 aliphatic heterocycles. The molecule has 0 aliphatic carbocycles. The van der Waals surface area contributed by atoms with Gasteiger partial charge in [-0.3, -0.25) is 4.68 Å². The summed E-state index contributed by atoms with van der Waals surface area (Å²) in [5, 5.41) is 11.4. The van der Waals surface area contributed by atoms with Crippen LogP contribution < -0.4 is 10.1 Å². The van der Waals surface area contributed by atoms with Crippen LogP contribution in [0.1, 0.15) is 37.6 Å². The molecule has 5 heteroatoms. The summed E-state index contributed by atoms with van der Waals surface area (Å²) in [7, 11) is 1.85. The number of ether oxygens (including phenoxy) is 1. The second-order valence-electron chi connectivity index (χ2n) is 6.39. The molecular formula is C16H24N4O. The fourth-order valence-corrected chi connectivity index (χ4v) is 1.96. The predicted molar refractivity (Wildman–Crippen MR) is 83.1 cm³/mol. The molecule has 0 bridgehead atoms. The van der Waals surface area contributed by atoms with Crippen molar-refractivity contribution in [3.8, 4) is 5.75 Å². The molecular weight excluding hydrogens is 264 g/mol. The topological polar surface area (TPSA) is 52.0 Å². The maximum Gasteiger partial charge on any atom is 0.134 e. The Balaban J connectivity index is 2.07. The number of hydrogen-bond acceptors (Lipinski definition) is 4. The lowest BCUT2D eigenvalue weighted by Crippen LogP contribution is -2.35. The highest BCUT2D eigenvalue weighted by Crippen LogP contribution is 2.21. The number of benzene rings is 1. The molecule has 2 aromatic rings. The Morgan fingerprint density at radius 2 is 2.05 bits per heavy atom. The van der Waals surface area contributed by atoms with Crippen molar-refractivity contribution < 1.29 is 4.74 Å². The summed E-state index contributed by atoms with van der Waals surface area (Å²) in [6.07, 6.45) is 1.86. The van der Waals surface area contributed by atoms with E-state index in [0.717, 1.165) is 23.6 Å². The SMILES string of the molecule is Cc1ccc(OCc2cn(C)nn2)c(CNC(C)(C)C)c1. The summed E-state index contributed by atoms with van der Waals surface area (Å²) in [6.45, 7) is 9.77. The minimum Gasteiger partial charge on any atom is -0.487 e. The first kappa shape index (κ1) is 15.5. The monoisotopic (exact) mass is 288 g/mol. The minimum absolute atomic E-state index is 0.0753. The van der Waals surface area contributed by atoms with Crippen LogP contribution in [-0.4, -0.2) is 20.5 Å². The highest BCUT2D eigenvalue weighted by molar-refractivity contribution is 5.37. The van der Waals surface area contributed by atoms with E-state index >= 15 is 0 Å². The van der Waals surface area contributed by atoms with Gasteiger partial charge in [0.05, 0.1) is 6.20 Å². The average Bonchev–Trinajstić information content (AvgIpc) is 2.80. The van der Waals surface area contributed by atoms with Crippen molar-refractivity contribution in [2.24, 2.45) is 7.05 Å². The lowest BCUT2D eigenvalue weighted by molar-refractivity contribution is 0.295. The van der Waals surface area contributed by atoms with E-state index in [2.05, 4.69) is 55.5 Å². The van der Waals surface area contributed by atoms with E-state index in [4.69, 9.17) is 4.74 Å². The Morgan fingerprint density at radius 3 is 2.67 bits per heavy atom. The maximum absolute atomic E-state index is 5.90. The van der Waals surface area contributed by atoms with Gasteiger partial charge in [0.2, 0.25) is 0 Å². The first-order valence-electron chi connectivity index (χ1n) is 7.16. The molecule has 0 fully saturated rings. The second-order valence-corrected chi connectivity index (χ2v) is 6.39. The summed E-state index contributed by atoms with van der Waals surface area (Å²) in [5.74, 6) is 0.892. The van der Waals surface area contributed by atoms with Crippen LogP contribution in [0.5, 0.6) is 5.75 Å². The smallest absolute Gasteiger partial charge is 0.134 e. The van der Waals surface area contributed by atoms with E-state index in [9.17, 15) is 0 Å². The van der Waals surface area contributed by atoms with Gasteiger partial charge in [-0.05, 0) is 33.8 Å². The standard InChI is InChI=1S/C16H24N4O/c1-12-6-7-15(13(8-12)9-17-16(2,3)4)21-11-14-10-20(5)19-18-14/h6-8,10,17H,9,11H2,1-5H3. The maximum atomic E-state index is 5.90. The number of rotatable bonds is 5. The number of nitrogens with one attached hydrogen (secondary N) is 1. The summed E-state index contributed by atoms with van der Waals surface area (Å²) >= 11 is 0. The number of aromatic nitrogens is 3. The van der Waals surface area contributed by atoms with Gasteiger partial charge < -0.3 is 10.1 Å². The molecule has 0 spiro atoms. The van der Waals surface area contributed by atoms with Gasteiger partial charge in [-0.2, -0.15) is 0 Å². The third kappa shape index (κ3) is 4.86. The van der Waals surface area contributed by atoms with Gasteiger partial charge in [0.25, 0.3) is 0 Å². The highest BCUT2D eigenvalue weighted by Gasteiger charge is 2.11. The van der Waals surface area contributed by atoms with E-state index < -0.39 is 0 Å². The quantitative estimate of drug-likeness (QED) is 0.919. The lowest BCUT2D eigenvalue weighted by Gasteiger charge is -2.22. The first-order chi connectivity index (χ1) is 9.83. The van der Waals surface area contributed by atoms with Gasteiger partial charge >= 0.3 is 0 Å². The normalized spacial score (nSPS) is 11.7. The zero-order valence-electron chi connectivity index (χ0n) is 13.5. The van der Waals surface area contributed by atoms with Crippen molar-refractivity contribution in [3.05, 3.63) is 41.2 Å². The molecule has 0 unspecified atom stereocenters. The molecule has 0 saturated carbocycles. The molecule has 114 valence electrons. The summed E-state index contributed by atoms with van der Waals surface area (Å²) in [4.78, 5) is 0. The minimum atomic E-state index is 0.0753. The predicted octanol–water partition coefficient (Wildman–Crippen LogP) is 2.59. The average molecular weight is 288 g/mol. The largest absolute Gasteiger partial charge is 0.487 e. The lowest BCUT2D eigenvalue weighted by atomic mass is 10.1. The fraction of sp³-hybridized carbons (Fsp3) is 0.500. The Kier molecular flexibility index (Phi) is 4.63. The van der Waals surface area contributed by atoms with Gasteiger partial charge in [0.1, 0.15) is 18.1 Å². The molecule has 0 radical (unpaired) electrons. The molecule has 0 amide bonds. The van der Waals surface area contributed by atoms with E-state index in [1.807, 2.05) is 19.3 Å². The van der Waals surface area contributed by atoms with Crippen LogP contribution in [-0.2, 0) is 20.2 Å². The van der Waals surface area contributed by atoms with Crippen molar-refractivity contribution in [3.63, 3.8) is 0 Å². The zero-order valence-corrected chi connectivity index (χ0v) is 13.5. The molecule has 2 rings (SSSR count). The number of aryl methyl sites for hydroxylation is 2. The van der Waals surface area contributed by atoms with E-state index in [0.29, 0.717) is 6.61 Å². The Hall–Kier alpha value is -1.88. The van der Waals surface area contributed by atoms with Gasteiger partial charge in [0.15, 0.2) is 0 Å². The Labute approximate surface area is 126 Å².